The zero-order valence-corrected chi connectivity index (χ0v) is 23.9. The summed E-state index contributed by atoms with van der Waals surface area (Å²) < 4.78 is 76.4. The Kier molecular flexibility index (Phi) is 8.22. The van der Waals surface area contributed by atoms with Gasteiger partial charge in [0.2, 0.25) is 21.9 Å². The van der Waals surface area contributed by atoms with Crippen LogP contribution in [0.1, 0.15) is 5.56 Å². The van der Waals surface area contributed by atoms with Crippen LogP contribution in [0, 0.1) is 0 Å². The number of anilines is 2. The number of alkyl halides is 3. The van der Waals surface area contributed by atoms with Gasteiger partial charge >= 0.3 is 12.1 Å². The van der Waals surface area contributed by atoms with Crippen molar-refractivity contribution in [3.8, 4) is 17.1 Å². The van der Waals surface area contributed by atoms with Gasteiger partial charge in [-0.1, -0.05) is 0 Å². The summed E-state index contributed by atoms with van der Waals surface area (Å²) in [5.41, 5.74) is 2.82. The highest BCUT2D eigenvalue weighted by atomic mass is 32.2. The van der Waals surface area contributed by atoms with Gasteiger partial charge in [0.15, 0.2) is 0 Å². The average Bonchev–Trinajstić information content (AvgIpc) is 3.34. The first-order valence-corrected chi connectivity index (χ1v) is 15.4. The van der Waals surface area contributed by atoms with Crippen LogP contribution in [0.2, 0.25) is 0 Å². The fourth-order valence-electron chi connectivity index (χ4n) is 4.71. The number of morpholine rings is 1. The summed E-state index contributed by atoms with van der Waals surface area (Å²) >= 11 is 1.41. The van der Waals surface area contributed by atoms with Crippen LogP contribution >= 0.6 is 11.3 Å². The minimum absolute atomic E-state index is 0.0205. The molecule has 3 aromatic rings. The molecule has 0 atom stereocenters. The number of pyridine rings is 1. The van der Waals surface area contributed by atoms with E-state index >= 15 is 0 Å². The number of rotatable bonds is 7. The molecule has 0 bridgehead atoms. The van der Waals surface area contributed by atoms with Crippen molar-refractivity contribution in [1.82, 2.24) is 24.8 Å². The molecule has 41 heavy (non-hydrogen) atoms. The summed E-state index contributed by atoms with van der Waals surface area (Å²) in [6.07, 6.45) is -2.31. The second kappa shape index (κ2) is 11.5. The minimum Gasteiger partial charge on any atom is -0.480 e. The molecule has 2 aliphatic heterocycles. The van der Waals surface area contributed by atoms with E-state index in [9.17, 15) is 26.4 Å². The van der Waals surface area contributed by atoms with Gasteiger partial charge in [-0.3, -0.25) is 14.4 Å². The molecule has 12 nitrogen and oxygen atoms in total. The molecule has 0 saturated carbocycles. The van der Waals surface area contributed by atoms with Gasteiger partial charge in [0.25, 0.3) is 0 Å². The Labute approximate surface area is 238 Å². The molecule has 1 amide bonds. The lowest BCUT2D eigenvalue weighted by Gasteiger charge is -2.34. The zero-order valence-electron chi connectivity index (χ0n) is 22.3. The van der Waals surface area contributed by atoms with E-state index in [0.29, 0.717) is 55.6 Å². The topological polar surface area (TPSA) is 130 Å². The fraction of sp³-hybridized carbons (Fsp3) is 0.500. The van der Waals surface area contributed by atoms with Crippen molar-refractivity contribution in [2.45, 2.75) is 12.7 Å². The highest BCUT2D eigenvalue weighted by molar-refractivity contribution is 7.92. The number of hydrogen-bond acceptors (Lipinski definition) is 11. The highest BCUT2D eigenvalue weighted by Crippen LogP contribution is 2.37. The quantitative estimate of drug-likeness (QED) is 0.422. The van der Waals surface area contributed by atoms with Crippen LogP contribution in [0.15, 0.2) is 17.6 Å². The normalized spacial score (nSPS) is 17.2. The highest BCUT2D eigenvalue weighted by Gasteiger charge is 2.43. The van der Waals surface area contributed by atoms with Crippen LogP contribution in [0.25, 0.3) is 21.5 Å². The number of hydrogen-bond donors (Lipinski definition) is 1. The Morgan fingerprint density at radius 1 is 1.15 bits per heavy atom. The monoisotopic (exact) mass is 615 g/mol. The van der Waals surface area contributed by atoms with Crippen molar-refractivity contribution in [3.63, 3.8) is 0 Å². The molecule has 2 aliphatic rings. The molecule has 0 aromatic carbocycles. The Bertz CT molecular complexity index is 1540. The third-order valence-corrected chi connectivity index (χ3v) is 8.30. The van der Waals surface area contributed by atoms with Crippen LogP contribution in [-0.2, 0) is 26.1 Å². The van der Waals surface area contributed by atoms with Gasteiger partial charge in [-0.2, -0.15) is 13.2 Å². The summed E-state index contributed by atoms with van der Waals surface area (Å²) in [5, 5.41) is 1.94. The van der Waals surface area contributed by atoms with Crippen LogP contribution in [0.5, 0.6) is 5.88 Å². The number of carbonyl (C=O) groups excluding carboxylic acids is 1. The van der Waals surface area contributed by atoms with Gasteiger partial charge < -0.3 is 19.3 Å². The second-order valence-electron chi connectivity index (χ2n) is 9.63. The maximum Gasteiger partial charge on any atom is 0.471 e. The lowest BCUT2D eigenvalue weighted by Crippen LogP contribution is -2.52. The molecule has 222 valence electrons. The van der Waals surface area contributed by atoms with Crippen molar-refractivity contribution in [2.24, 2.45) is 0 Å². The third kappa shape index (κ3) is 6.63. The molecule has 17 heteroatoms. The summed E-state index contributed by atoms with van der Waals surface area (Å²) in [4.78, 5) is 30.5. The molecular weight excluding hydrogens is 587 g/mol. The van der Waals surface area contributed by atoms with E-state index < -0.39 is 22.1 Å². The lowest BCUT2D eigenvalue weighted by molar-refractivity contribution is -0.187. The first-order valence-electron chi connectivity index (χ1n) is 12.6. The second-order valence-corrected chi connectivity index (χ2v) is 12.3. The van der Waals surface area contributed by atoms with E-state index in [-0.39, 0.29) is 37.7 Å². The Morgan fingerprint density at radius 3 is 2.49 bits per heavy atom. The predicted octanol–water partition coefficient (Wildman–Crippen LogP) is 2.18. The van der Waals surface area contributed by atoms with E-state index in [0.717, 1.165) is 21.4 Å². The molecule has 0 radical (unpaired) electrons. The number of aromatic nitrogens is 3. The molecule has 5 rings (SSSR count). The van der Waals surface area contributed by atoms with E-state index in [2.05, 4.69) is 9.71 Å². The third-order valence-electron chi connectivity index (χ3n) is 6.68. The summed E-state index contributed by atoms with van der Waals surface area (Å²) in [6, 6.07) is 1.61. The molecule has 0 aliphatic carbocycles. The Hall–Kier alpha value is -3.28. The molecule has 0 unspecified atom stereocenters. The number of fused-ring (bicyclic) bond motifs is 1. The van der Waals surface area contributed by atoms with E-state index in [1.54, 1.807) is 12.3 Å². The summed E-state index contributed by atoms with van der Waals surface area (Å²) in [5.74, 6) is -1.24. The molecule has 0 spiro atoms. The fourth-order valence-corrected chi connectivity index (χ4v) is 6.27. The number of amides is 1. The van der Waals surface area contributed by atoms with Crippen molar-refractivity contribution in [1.29, 1.82) is 0 Å². The molecular formula is C24H28F3N7O5S2. The SMILES string of the molecule is COc1ncc(-c2nc(N3CCOCC3)nc3c(CN4CCN(C(=O)C(F)(F)F)CC4)csc23)cc1NS(C)(=O)=O. The number of methoxy groups -OCH3 is 1. The average molecular weight is 616 g/mol. The van der Waals surface area contributed by atoms with Gasteiger partial charge in [0.05, 0.1) is 42.5 Å². The number of halogens is 3. The number of ether oxygens (including phenoxy) is 2. The molecule has 2 saturated heterocycles. The van der Waals surface area contributed by atoms with Gasteiger partial charge in [-0.15, -0.1) is 11.3 Å². The number of nitrogens with one attached hydrogen (secondary N) is 1. The van der Waals surface area contributed by atoms with E-state index in [1.807, 2.05) is 15.2 Å². The van der Waals surface area contributed by atoms with Crippen LogP contribution in [-0.4, -0.2) is 111 Å². The largest absolute Gasteiger partial charge is 0.480 e. The maximum atomic E-state index is 12.9. The zero-order chi connectivity index (χ0) is 29.4. The van der Waals surface area contributed by atoms with Gasteiger partial charge in [0, 0.05) is 63.1 Å². The number of sulfonamides is 1. The Balaban J connectivity index is 1.49. The standard InChI is InChI=1S/C24H28F3N7O5S2/c1-38-21-17(31-41(2,36)37)11-15(12-28-21)18-20-19(30-23(29-18)34-7-9-39-10-8-34)16(14-40-20)13-32-3-5-33(6-4-32)22(35)24(25,26)27/h11-12,14,31H,3-10,13H2,1-2H3. The van der Waals surface area contributed by atoms with Gasteiger partial charge in [-0.05, 0) is 11.4 Å². The lowest BCUT2D eigenvalue weighted by atomic mass is 10.1. The predicted molar refractivity (Wildman–Crippen MR) is 147 cm³/mol. The summed E-state index contributed by atoms with van der Waals surface area (Å²) in [6.45, 7) is 3.16. The van der Waals surface area contributed by atoms with Gasteiger partial charge in [-0.25, -0.2) is 23.4 Å². The molecule has 3 aromatic heterocycles. The van der Waals surface area contributed by atoms with Crippen molar-refractivity contribution >= 4 is 49.1 Å². The van der Waals surface area contributed by atoms with Crippen molar-refractivity contribution < 1.29 is 35.9 Å². The number of carbonyl (C=O) groups is 1. The first-order chi connectivity index (χ1) is 19.4. The van der Waals surface area contributed by atoms with Crippen LogP contribution in [0.3, 0.4) is 0 Å². The minimum atomic E-state index is -4.89. The smallest absolute Gasteiger partial charge is 0.471 e. The van der Waals surface area contributed by atoms with Crippen LogP contribution in [0.4, 0.5) is 24.8 Å². The van der Waals surface area contributed by atoms with Gasteiger partial charge in [0.1, 0.15) is 5.69 Å². The van der Waals surface area contributed by atoms with Crippen molar-refractivity contribution in [2.75, 3.05) is 75.5 Å². The molecule has 1 N–H and O–H groups in total. The molecule has 5 heterocycles. The van der Waals surface area contributed by atoms with Crippen LogP contribution < -0.4 is 14.4 Å². The number of thiophene rings is 1. The number of piperazine rings is 1. The molecule has 2 fully saturated rings. The Morgan fingerprint density at radius 2 is 1.85 bits per heavy atom. The summed E-state index contributed by atoms with van der Waals surface area (Å²) in [7, 11) is -2.23. The number of nitrogens with zero attached hydrogens (tertiary/aromatic N) is 6. The first kappa shape index (κ1) is 29.2. The van der Waals surface area contributed by atoms with E-state index in [1.165, 1.54) is 18.4 Å². The van der Waals surface area contributed by atoms with E-state index in [4.69, 9.17) is 19.4 Å². The van der Waals surface area contributed by atoms with Crippen molar-refractivity contribution in [3.05, 3.63) is 23.2 Å². The maximum absolute atomic E-state index is 12.9.